The van der Waals surface area contributed by atoms with Gasteiger partial charge in [0.05, 0.1) is 12.4 Å². The third-order valence-electron chi connectivity index (χ3n) is 4.75. The molecule has 1 aromatic rings. The Morgan fingerprint density at radius 1 is 1.03 bits per heavy atom. The number of thiol groups is 1. The van der Waals surface area contributed by atoms with Gasteiger partial charge in [-0.2, -0.15) is 12.6 Å². The Labute approximate surface area is 202 Å². The van der Waals surface area contributed by atoms with E-state index in [2.05, 4.69) is 38.5 Å². The number of amides is 3. The van der Waals surface area contributed by atoms with Crippen LogP contribution in [0, 0.1) is 5.92 Å². The lowest BCUT2D eigenvalue weighted by molar-refractivity contribution is -0.143. The van der Waals surface area contributed by atoms with Crippen molar-refractivity contribution >= 4 is 42.3 Å². The predicted molar refractivity (Wildman–Crippen MR) is 124 cm³/mol. The van der Waals surface area contributed by atoms with Crippen LogP contribution in [0.2, 0.25) is 0 Å². The zero-order chi connectivity index (χ0) is 25.8. The second kappa shape index (κ2) is 14.2. The van der Waals surface area contributed by atoms with E-state index in [1.807, 2.05) is 0 Å². The number of aliphatic carboxylic acids is 2. The molecule has 4 unspecified atom stereocenters. The third kappa shape index (κ3) is 10.2. The summed E-state index contributed by atoms with van der Waals surface area (Å²) in [5.74, 6) is -4.81. The van der Waals surface area contributed by atoms with Crippen LogP contribution in [0.5, 0.6) is 0 Å². The summed E-state index contributed by atoms with van der Waals surface area (Å²) in [5, 5.41) is 25.3. The Morgan fingerprint density at radius 2 is 1.62 bits per heavy atom. The van der Waals surface area contributed by atoms with E-state index in [0.717, 1.165) is 0 Å². The molecule has 0 aliphatic rings. The van der Waals surface area contributed by atoms with Gasteiger partial charge in [-0.15, -0.1) is 0 Å². The Hall–Kier alpha value is -3.13. The molecule has 14 heteroatoms. The van der Waals surface area contributed by atoms with Gasteiger partial charge in [-0.1, -0.05) is 13.8 Å². The zero-order valence-electron chi connectivity index (χ0n) is 19.0. The van der Waals surface area contributed by atoms with E-state index in [1.54, 1.807) is 13.8 Å². The molecule has 1 heterocycles. The number of aromatic nitrogens is 2. The van der Waals surface area contributed by atoms with Crippen molar-refractivity contribution in [2.24, 2.45) is 11.7 Å². The van der Waals surface area contributed by atoms with Gasteiger partial charge in [-0.3, -0.25) is 19.2 Å². The number of hydrogen-bond acceptors (Lipinski definition) is 8. The smallest absolute Gasteiger partial charge is 0.326 e. The number of hydrogen-bond donors (Lipinski definition) is 8. The number of rotatable bonds is 15. The SMILES string of the molecule is CC(C)CC(NC(=O)C(CS)NC(=O)C(N)Cc1cnc[nH]1)C(=O)NC(CCC(=O)O)C(=O)O. The van der Waals surface area contributed by atoms with Crippen LogP contribution in [0.15, 0.2) is 12.5 Å². The van der Waals surface area contributed by atoms with Crippen LogP contribution < -0.4 is 21.7 Å². The minimum absolute atomic E-state index is 0.0507. The fraction of sp³-hybridized carbons (Fsp3) is 0.600. The van der Waals surface area contributed by atoms with E-state index < -0.39 is 60.2 Å². The first-order chi connectivity index (χ1) is 15.9. The van der Waals surface area contributed by atoms with Gasteiger partial charge in [0.2, 0.25) is 17.7 Å². The van der Waals surface area contributed by atoms with Gasteiger partial charge in [-0.25, -0.2) is 9.78 Å². The number of nitrogens with two attached hydrogens (primary N) is 1. The van der Waals surface area contributed by atoms with Crippen LogP contribution in [0.25, 0.3) is 0 Å². The molecule has 34 heavy (non-hydrogen) atoms. The predicted octanol–water partition coefficient (Wildman–Crippen LogP) is -1.34. The van der Waals surface area contributed by atoms with Crippen LogP contribution in [0.4, 0.5) is 0 Å². The number of carbonyl (C=O) groups excluding carboxylic acids is 3. The lowest BCUT2D eigenvalue weighted by Crippen LogP contribution is -2.58. The van der Waals surface area contributed by atoms with E-state index in [0.29, 0.717) is 5.69 Å². The molecule has 8 N–H and O–H groups in total. The molecule has 1 aromatic heterocycles. The Balaban J connectivity index is 2.81. The van der Waals surface area contributed by atoms with Crippen molar-refractivity contribution in [3.63, 3.8) is 0 Å². The summed E-state index contributed by atoms with van der Waals surface area (Å²) in [4.78, 5) is 66.7. The highest BCUT2D eigenvalue weighted by Crippen LogP contribution is 2.08. The van der Waals surface area contributed by atoms with Gasteiger partial charge >= 0.3 is 11.9 Å². The third-order valence-corrected chi connectivity index (χ3v) is 5.11. The molecular weight excluding hydrogens is 468 g/mol. The zero-order valence-corrected chi connectivity index (χ0v) is 19.9. The van der Waals surface area contributed by atoms with E-state index in [1.165, 1.54) is 12.5 Å². The number of carboxylic acid groups (broad SMARTS) is 2. The molecule has 3 amide bonds. The van der Waals surface area contributed by atoms with E-state index in [4.69, 9.17) is 10.8 Å². The minimum Gasteiger partial charge on any atom is -0.481 e. The summed E-state index contributed by atoms with van der Waals surface area (Å²) in [6.45, 7) is 3.61. The van der Waals surface area contributed by atoms with Crippen molar-refractivity contribution in [2.45, 2.75) is 63.7 Å². The van der Waals surface area contributed by atoms with Crippen LogP contribution in [0.3, 0.4) is 0 Å². The second-order valence-corrected chi connectivity index (χ2v) is 8.52. The maximum absolute atomic E-state index is 12.8. The molecule has 0 spiro atoms. The maximum Gasteiger partial charge on any atom is 0.326 e. The summed E-state index contributed by atoms with van der Waals surface area (Å²) in [7, 11) is 0. The molecule has 0 fully saturated rings. The highest BCUT2D eigenvalue weighted by Gasteiger charge is 2.30. The molecule has 0 aromatic carbocycles. The molecule has 13 nitrogen and oxygen atoms in total. The fourth-order valence-corrected chi connectivity index (χ4v) is 3.23. The lowest BCUT2D eigenvalue weighted by atomic mass is 10.0. The van der Waals surface area contributed by atoms with E-state index >= 15 is 0 Å². The summed E-state index contributed by atoms with van der Waals surface area (Å²) in [6, 6.07) is -4.61. The number of nitrogens with zero attached hydrogens (tertiary/aromatic N) is 1. The number of aromatic amines is 1. The first kappa shape index (κ1) is 28.9. The van der Waals surface area contributed by atoms with Gasteiger partial charge in [0.15, 0.2) is 0 Å². The molecule has 4 atom stereocenters. The number of carbonyl (C=O) groups is 5. The van der Waals surface area contributed by atoms with Gasteiger partial charge in [0, 0.05) is 30.5 Å². The second-order valence-electron chi connectivity index (χ2n) is 8.15. The van der Waals surface area contributed by atoms with Gasteiger partial charge in [0.1, 0.15) is 18.1 Å². The van der Waals surface area contributed by atoms with Crippen molar-refractivity contribution in [1.29, 1.82) is 0 Å². The van der Waals surface area contributed by atoms with Crippen molar-refractivity contribution in [3.05, 3.63) is 18.2 Å². The molecule has 0 saturated heterocycles. The molecule has 0 aliphatic carbocycles. The molecule has 0 bridgehead atoms. The minimum atomic E-state index is -1.43. The first-order valence-corrected chi connectivity index (χ1v) is 11.3. The van der Waals surface area contributed by atoms with E-state index in [-0.39, 0.29) is 30.9 Å². The molecule has 0 aliphatic heterocycles. The largest absolute Gasteiger partial charge is 0.481 e. The lowest BCUT2D eigenvalue weighted by Gasteiger charge is -2.25. The van der Waals surface area contributed by atoms with Crippen LogP contribution >= 0.6 is 12.6 Å². The quantitative estimate of drug-likeness (QED) is 0.133. The van der Waals surface area contributed by atoms with Crippen molar-refractivity contribution < 1.29 is 34.2 Å². The highest BCUT2D eigenvalue weighted by molar-refractivity contribution is 7.80. The first-order valence-electron chi connectivity index (χ1n) is 10.6. The van der Waals surface area contributed by atoms with Crippen LogP contribution in [-0.2, 0) is 30.4 Å². The van der Waals surface area contributed by atoms with E-state index in [9.17, 15) is 29.1 Å². The Morgan fingerprint density at radius 3 is 2.12 bits per heavy atom. The fourth-order valence-electron chi connectivity index (χ4n) is 2.97. The van der Waals surface area contributed by atoms with Gasteiger partial charge in [0.25, 0.3) is 0 Å². The maximum atomic E-state index is 12.8. The summed E-state index contributed by atoms with van der Waals surface area (Å²) in [5.41, 5.74) is 6.52. The Kier molecular flexibility index (Phi) is 12.1. The molecule has 1 rings (SSSR count). The van der Waals surface area contributed by atoms with Crippen LogP contribution in [0.1, 0.15) is 38.8 Å². The standard InChI is InChI=1S/C20H32N6O7S/c1-10(2)5-14(18(30)24-13(20(32)33)3-4-16(27)28)25-19(31)15(8-34)26-17(29)12(21)6-11-7-22-9-23-11/h7,9-10,12-15,34H,3-6,8,21H2,1-2H3,(H,22,23)(H,24,30)(H,25,31)(H,26,29)(H,27,28)(H,32,33). The van der Waals surface area contributed by atoms with Gasteiger partial charge < -0.3 is 36.9 Å². The molecule has 190 valence electrons. The summed E-state index contributed by atoms with van der Waals surface area (Å²) in [6.07, 6.45) is 2.53. The summed E-state index contributed by atoms with van der Waals surface area (Å²) < 4.78 is 0. The molecule has 0 saturated carbocycles. The summed E-state index contributed by atoms with van der Waals surface area (Å²) >= 11 is 4.09. The average Bonchev–Trinajstić information content (AvgIpc) is 3.26. The van der Waals surface area contributed by atoms with Gasteiger partial charge in [-0.05, 0) is 18.8 Å². The monoisotopic (exact) mass is 500 g/mol. The normalized spacial score (nSPS) is 14.5. The number of imidazole rings is 1. The number of carboxylic acids is 2. The highest BCUT2D eigenvalue weighted by atomic mass is 32.1. The Bertz CT molecular complexity index is 848. The topological polar surface area (TPSA) is 217 Å². The van der Waals surface area contributed by atoms with Crippen molar-refractivity contribution in [1.82, 2.24) is 25.9 Å². The van der Waals surface area contributed by atoms with Crippen molar-refractivity contribution in [3.8, 4) is 0 Å². The molecule has 0 radical (unpaired) electrons. The van der Waals surface area contributed by atoms with Crippen molar-refractivity contribution in [2.75, 3.05) is 5.75 Å². The average molecular weight is 501 g/mol. The molecular formula is C20H32N6O7S. The van der Waals surface area contributed by atoms with Crippen LogP contribution in [-0.4, -0.2) is 79.8 Å². The number of nitrogens with one attached hydrogen (secondary N) is 4. The number of H-pyrrole nitrogens is 1.